The molecular weight excluding hydrogens is 340 g/mol. The predicted octanol–water partition coefficient (Wildman–Crippen LogP) is 2.28. The smallest absolute Gasteiger partial charge is 0.220 e. The van der Waals surface area contributed by atoms with Crippen LogP contribution in [0.1, 0.15) is 34.1 Å². The number of hydrogen-bond acceptors (Lipinski definition) is 5. The molecule has 8 heteroatoms. The molecule has 1 heterocycles. The van der Waals surface area contributed by atoms with Gasteiger partial charge in [-0.05, 0) is 31.0 Å². The fourth-order valence-electron chi connectivity index (χ4n) is 2.50. The summed E-state index contributed by atoms with van der Waals surface area (Å²) in [5.74, 6) is -0.748. The lowest BCUT2D eigenvalue weighted by Gasteiger charge is -2.12. The number of ketones is 1. The number of aryl methyl sites for hydroxylation is 2. The van der Waals surface area contributed by atoms with Gasteiger partial charge in [-0.2, -0.15) is 5.10 Å². The lowest BCUT2D eigenvalue weighted by atomic mass is 10.0. The highest BCUT2D eigenvalue weighted by Gasteiger charge is 2.26. The maximum atomic E-state index is 12.7. The SMILES string of the molecule is CCc1c(S(C)(=O)=O)ccc(C(=O)c2c(C)nn(C)c2O)c1Cl. The molecule has 0 saturated heterocycles. The van der Waals surface area contributed by atoms with Crippen molar-refractivity contribution in [2.24, 2.45) is 7.05 Å². The first kappa shape index (κ1) is 17.5. The molecular formula is C15H17ClN2O4S. The minimum atomic E-state index is -3.45. The van der Waals surface area contributed by atoms with E-state index in [1.807, 2.05) is 0 Å². The van der Waals surface area contributed by atoms with Crippen molar-refractivity contribution in [1.82, 2.24) is 9.78 Å². The van der Waals surface area contributed by atoms with Crippen molar-refractivity contribution in [3.05, 3.63) is 39.5 Å². The van der Waals surface area contributed by atoms with Gasteiger partial charge < -0.3 is 5.11 Å². The lowest BCUT2D eigenvalue weighted by Crippen LogP contribution is -2.09. The summed E-state index contributed by atoms with van der Waals surface area (Å²) in [6.07, 6.45) is 1.46. The van der Waals surface area contributed by atoms with Crippen molar-refractivity contribution in [1.29, 1.82) is 0 Å². The highest BCUT2D eigenvalue weighted by atomic mass is 35.5. The standard InChI is InChI=1S/C15H17ClN2O4S/c1-5-9-11(23(4,21)22)7-6-10(13(9)16)14(19)12-8(2)17-18(3)15(12)20/h6-7,20H,5H2,1-4H3. The number of aromatic hydroxyl groups is 1. The van der Waals surface area contributed by atoms with Crippen molar-refractivity contribution in [3.63, 3.8) is 0 Å². The van der Waals surface area contributed by atoms with Gasteiger partial charge >= 0.3 is 0 Å². The van der Waals surface area contributed by atoms with Gasteiger partial charge in [-0.1, -0.05) is 18.5 Å². The zero-order valence-corrected chi connectivity index (χ0v) is 14.8. The molecule has 2 rings (SSSR count). The Labute approximate surface area is 139 Å². The molecule has 0 aliphatic rings. The van der Waals surface area contributed by atoms with E-state index >= 15 is 0 Å². The third-order valence-electron chi connectivity index (χ3n) is 3.62. The zero-order valence-electron chi connectivity index (χ0n) is 13.2. The molecule has 6 nitrogen and oxygen atoms in total. The van der Waals surface area contributed by atoms with Gasteiger partial charge in [-0.25, -0.2) is 13.1 Å². The van der Waals surface area contributed by atoms with Crippen LogP contribution in [0.25, 0.3) is 0 Å². The van der Waals surface area contributed by atoms with Crippen LogP contribution in [-0.4, -0.2) is 35.3 Å². The summed E-state index contributed by atoms with van der Waals surface area (Å²) in [5.41, 5.74) is 0.961. The van der Waals surface area contributed by atoms with Crippen molar-refractivity contribution in [2.75, 3.05) is 6.26 Å². The largest absolute Gasteiger partial charge is 0.493 e. The molecule has 1 aromatic carbocycles. The summed E-state index contributed by atoms with van der Waals surface area (Å²) in [6, 6.07) is 2.74. The minimum Gasteiger partial charge on any atom is -0.493 e. The van der Waals surface area contributed by atoms with E-state index in [0.29, 0.717) is 17.7 Å². The Morgan fingerprint density at radius 1 is 1.39 bits per heavy atom. The number of rotatable bonds is 4. The molecule has 0 fully saturated rings. The molecule has 1 N–H and O–H groups in total. The number of benzene rings is 1. The molecule has 23 heavy (non-hydrogen) atoms. The monoisotopic (exact) mass is 356 g/mol. The van der Waals surface area contributed by atoms with E-state index in [1.54, 1.807) is 13.8 Å². The number of sulfone groups is 1. The Morgan fingerprint density at radius 3 is 2.43 bits per heavy atom. The first-order valence-electron chi connectivity index (χ1n) is 6.88. The normalized spacial score (nSPS) is 11.7. The summed E-state index contributed by atoms with van der Waals surface area (Å²) in [5, 5.41) is 14.1. The average molecular weight is 357 g/mol. The fraction of sp³-hybridized carbons (Fsp3) is 0.333. The van der Waals surface area contributed by atoms with Gasteiger partial charge in [0.15, 0.2) is 9.84 Å². The van der Waals surface area contributed by atoms with E-state index in [-0.39, 0.29) is 26.9 Å². The van der Waals surface area contributed by atoms with E-state index in [4.69, 9.17) is 11.6 Å². The van der Waals surface area contributed by atoms with Gasteiger partial charge in [0.2, 0.25) is 11.7 Å². The van der Waals surface area contributed by atoms with Crippen LogP contribution in [0.5, 0.6) is 5.88 Å². The Morgan fingerprint density at radius 2 is 2.00 bits per heavy atom. The molecule has 0 atom stereocenters. The number of nitrogens with zero attached hydrogens (tertiary/aromatic N) is 2. The molecule has 0 amide bonds. The van der Waals surface area contributed by atoms with Gasteiger partial charge in [-0.15, -0.1) is 0 Å². The van der Waals surface area contributed by atoms with E-state index in [2.05, 4.69) is 5.10 Å². The average Bonchev–Trinajstić information content (AvgIpc) is 2.70. The molecule has 0 radical (unpaired) electrons. The quantitative estimate of drug-likeness (QED) is 0.849. The van der Waals surface area contributed by atoms with Crippen molar-refractivity contribution in [3.8, 4) is 5.88 Å². The summed E-state index contributed by atoms with van der Waals surface area (Å²) in [7, 11) is -1.93. The Balaban J connectivity index is 2.68. The van der Waals surface area contributed by atoms with Crippen molar-refractivity contribution in [2.45, 2.75) is 25.2 Å². The van der Waals surface area contributed by atoms with Crippen LogP contribution in [0.15, 0.2) is 17.0 Å². The third kappa shape index (κ3) is 2.98. The molecule has 0 saturated carbocycles. The Kier molecular flexibility index (Phi) is 4.54. The van der Waals surface area contributed by atoms with Crippen LogP contribution in [-0.2, 0) is 23.3 Å². The number of halogens is 1. The molecule has 0 aliphatic heterocycles. The summed E-state index contributed by atoms with van der Waals surface area (Å²) in [4.78, 5) is 12.8. The summed E-state index contributed by atoms with van der Waals surface area (Å²) >= 11 is 6.28. The van der Waals surface area contributed by atoms with Crippen LogP contribution in [0, 0.1) is 6.92 Å². The second-order valence-corrected chi connectivity index (χ2v) is 7.63. The fourth-order valence-corrected chi connectivity index (χ4v) is 3.95. The molecule has 0 spiro atoms. The zero-order chi connectivity index (χ0) is 17.5. The van der Waals surface area contributed by atoms with E-state index in [1.165, 1.54) is 23.9 Å². The molecule has 0 bridgehead atoms. The van der Waals surface area contributed by atoms with Crippen LogP contribution in [0.2, 0.25) is 5.02 Å². The van der Waals surface area contributed by atoms with Crippen LogP contribution in [0.3, 0.4) is 0 Å². The van der Waals surface area contributed by atoms with Crippen LogP contribution in [0.4, 0.5) is 0 Å². The first-order valence-corrected chi connectivity index (χ1v) is 9.15. The molecule has 0 unspecified atom stereocenters. The Hall–Kier alpha value is -1.86. The van der Waals surface area contributed by atoms with Gasteiger partial charge in [-0.3, -0.25) is 4.79 Å². The maximum absolute atomic E-state index is 12.7. The van der Waals surface area contributed by atoms with Gasteiger partial charge in [0.25, 0.3) is 0 Å². The highest BCUT2D eigenvalue weighted by Crippen LogP contribution is 2.32. The van der Waals surface area contributed by atoms with Crippen LogP contribution >= 0.6 is 11.6 Å². The van der Waals surface area contributed by atoms with Gasteiger partial charge in [0, 0.05) is 18.9 Å². The summed E-state index contributed by atoms with van der Waals surface area (Å²) in [6.45, 7) is 3.36. The molecule has 1 aromatic heterocycles. The van der Waals surface area contributed by atoms with Gasteiger partial charge in [0.1, 0.15) is 5.56 Å². The summed E-state index contributed by atoms with van der Waals surface area (Å²) < 4.78 is 24.9. The number of carbonyl (C=O) groups excluding carboxylic acids is 1. The maximum Gasteiger partial charge on any atom is 0.220 e. The number of hydrogen-bond donors (Lipinski definition) is 1. The Bertz CT molecular complexity index is 901. The molecule has 124 valence electrons. The predicted molar refractivity (Wildman–Crippen MR) is 87.0 cm³/mol. The second kappa shape index (κ2) is 5.98. The number of carbonyl (C=O) groups is 1. The van der Waals surface area contributed by atoms with Crippen molar-refractivity contribution < 1.29 is 18.3 Å². The van der Waals surface area contributed by atoms with E-state index in [0.717, 1.165) is 6.26 Å². The van der Waals surface area contributed by atoms with E-state index in [9.17, 15) is 18.3 Å². The van der Waals surface area contributed by atoms with E-state index < -0.39 is 15.6 Å². The van der Waals surface area contributed by atoms with Gasteiger partial charge in [0.05, 0.1) is 15.6 Å². The first-order chi connectivity index (χ1) is 10.6. The highest BCUT2D eigenvalue weighted by molar-refractivity contribution is 7.90. The van der Waals surface area contributed by atoms with Crippen LogP contribution < -0.4 is 0 Å². The number of aromatic nitrogens is 2. The topological polar surface area (TPSA) is 89.3 Å². The van der Waals surface area contributed by atoms with Crippen molar-refractivity contribution >= 4 is 27.2 Å². The second-order valence-electron chi connectivity index (χ2n) is 5.27. The minimum absolute atomic E-state index is 0.0589. The molecule has 0 aliphatic carbocycles. The molecule has 2 aromatic rings. The third-order valence-corrected chi connectivity index (χ3v) is 5.23. The lowest BCUT2D eigenvalue weighted by molar-refractivity contribution is 0.103.